The second kappa shape index (κ2) is 6.41. The summed E-state index contributed by atoms with van der Waals surface area (Å²) >= 11 is 6.15. The summed E-state index contributed by atoms with van der Waals surface area (Å²) in [4.78, 5) is 16.5. The highest BCUT2D eigenvalue weighted by molar-refractivity contribution is 6.32. The van der Waals surface area contributed by atoms with Gasteiger partial charge in [-0.25, -0.2) is 10.4 Å². The maximum Gasteiger partial charge on any atom is 0.271 e. The summed E-state index contributed by atoms with van der Waals surface area (Å²) in [6, 6.07) is 14.4. The summed E-state index contributed by atoms with van der Waals surface area (Å²) in [6.07, 6.45) is 1.46. The number of halogens is 1. The summed E-state index contributed by atoms with van der Waals surface area (Å²) in [5, 5.41) is 5.22. The first-order valence-corrected chi connectivity index (χ1v) is 7.87. The molecule has 7 heteroatoms. The van der Waals surface area contributed by atoms with E-state index >= 15 is 0 Å². The van der Waals surface area contributed by atoms with Crippen LogP contribution in [-0.2, 0) is 0 Å². The molecule has 6 nitrogen and oxygen atoms in total. The minimum absolute atomic E-state index is 0.159. The van der Waals surface area contributed by atoms with Crippen LogP contribution in [0.5, 0.6) is 11.5 Å². The third-order valence-electron chi connectivity index (χ3n) is 3.71. The lowest BCUT2D eigenvalue weighted by atomic mass is 10.2. The van der Waals surface area contributed by atoms with Gasteiger partial charge in [0.1, 0.15) is 5.15 Å². The average molecular weight is 354 g/mol. The number of carbonyl (C=O) groups is 1. The highest BCUT2D eigenvalue weighted by Crippen LogP contribution is 2.32. The predicted octanol–water partition coefficient (Wildman–Crippen LogP) is 3.38. The average Bonchev–Trinajstić information content (AvgIpc) is 3.09. The van der Waals surface area contributed by atoms with Gasteiger partial charge in [-0.1, -0.05) is 29.8 Å². The van der Waals surface area contributed by atoms with Gasteiger partial charge in [0.2, 0.25) is 6.79 Å². The van der Waals surface area contributed by atoms with Crippen LogP contribution < -0.4 is 14.9 Å². The Bertz CT molecular complexity index is 1000. The third-order valence-corrected chi connectivity index (χ3v) is 4.01. The SMILES string of the molecule is O=C(NN=Cc1cc2ccccc2nc1Cl)c1ccc2c(c1)OCO2. The Morgan fingerprint density at radius 2 is 2.00 bits per heavy atom. The van der Waals surface area contributed by atoms with E-state index in [1.165, 1.54) is 6.21 Å². The standard InChI is InChI=1S/C18H12ClN3O3/c19-17-13(7-11-3-1-2-4-14(11)21-17)9-20-22-18(23)12-5-6-15-16(8-12)25-10-24-15/h1-9H,10H2,(H,22,23). The van der Waals surface area contributed by atoms with Crippen molar-refractivity contribution < 1.29 is 14.3 Å². The highest BCUT2D eigenvalue weighted by Gasteiger charge is 2.15. The van der Waals surface area contributed by atoms with Crippen molar-refractivity contribution in [2.24, 2.45) is 5.10 Å². The maximum absolute atomic E-state index is 12.2. The fourth-order valence-electron chi connectivity index (χ4n) is 2.46. The Hall–Kier alpha value is -3.12. The Morgan fingerprint density at radius 1 is 1.16 bits per heavy atom. The van der Waals surface area contributed by atoms with Crippen molar-refractivity contribution >= 4 is 34.6 Å². The van der Waals surface area contributed by atoms with Crippen LogP contribution in [0.1, 0.15) is 15.9 Å². The smallest absolute Gasteiger partial charge is 0.271 e. The minimum Gasteiger partial charge on any atom is -0.454 e. The third kappa shape index (κ3) is 3.12. The molecule has 4 rings (SSSR count). The van der Waals surface area contributed by atoms with Gasteiger partial charge in [-0.15, -0.1) is 0 Å². The number of nitrogens with one attached hydrogen (secondary N) is 1. The zero-order valence-corrected chi connectivity index (χ0v) is 13.7. The number of para-hydroxylation sites is 1. The minimum atomic E-state index is -0.362. The van der Waals surface area contributed by atoms with Gasteiger partial charge in [0.15, 0.2) is 11.5 Å². The number of fused-ring (bicyclic) bond motifs is 2. The van der Waals surface area contributed by atoms with E-state index in [1.54, 1.807) is 18.2 Å². The van der Waals surface area contributed by atoms with E-state index < -0.39 is 0 Å². The number of ether oxygens (including phenoxy) is 2. The Morgan fingerprint density at radius 3 is 2.92 bits per heavy atom. The first-order chi connectivity index (χ1) is 12.2. The Balaban J connectivity index is 1.51. The van der Waals surface area contributed by atoms with Crippen LogP contribution in [0, 0.1) is 0 Å². The van der Waals surface area contributed by atoms with Gasteiger partial charge in [-0.2, -0.15) is 5.10 Å². The molecular formula is C18H12ClN3O3. The molecule has 2 aromatic carbocycles. The molecule has 1 aliphatic heterocycles. The van der Waals surface area contributed by atoms with Crippen LogP contribution in [-0.4, -0.2) is 23.9 Å². The second-order valence-electron chi connectivity index (χ2n) is 5.33. The largest absolute Gasteiger partial charge is 0.454 e. The van der Waals surface area contributed by atoms with Crippen LogP contribution >= 0.6 is 11.6 Å². The summed E-state index contributed by atoms with van der Waals surface area (Å²) in [6.45, 7) is 0.159. The van der Waals surface area contributed by atoms with Crippen molar-refractivity contribution in [1.82, 2.24) is 10.4 Å². The number of rotatable bonds is 3. The number of hydrogen-bond donors (Lipinski definition) is 1. The molecule has 0 bridgehead atoms. The maximum atomic E-state index is 12.2. The molecular weight excluding hydrogens is 342 g/mol. The van der Waals surface area contributed by atoms with E-state index in [4.69, 9.17) is 21.1 Å². The molecule has 0 saturated heterocycles. The Kier molecular flexibility index (Phi) is 3.95. The zero-order valence-electron chi connectivity index (χ0n) is 12.9. The topological polar surface area (TPSA) is 72.8 Å². The predicted molar refractivity (Wildman–Crippen MR) is 94.4 cm³/mol. The molecule has 0 fully saturated rings. The van der Waals surface area contributed by atoms with Gasteiger partial charge in [0.25, 0.3) is 5.91 Å². The molecule has 124 valence electrons. The highest BCUT2D eigenvalue weighted by atomic mass is 35.5. The van der Waals surface area contributed by atoms with E-state index in [0.717, 1.165) is 10.9 Å². The van der Waals surface area contributed by atoms with Crippen molar-refractivity contribution in [3.8, 4) is 11.5 Å². The molecule has 25 heavy (non-hydrogen) atoms. The lowest BCUT2D eigenvalue weighted by molar-refractivity contribution is 0.0954. The number of benzene rings is 2. The van der Waals surface area contributed by atoms with E-state index in [-0.39, 0.29) is 12.7 Å². The fraction of sp³-hybridized carbons (Fsp3) is 0.0556. The van der Waals surface area contributed by atoms with Crippen LogP contribution in [0.15, 0.2) is 53.6 Å². The van der Waals surface area contributed by atoms with Crippen LogP contribution in [0.3, 0.4) is 0 Å². The molecule has 3 aromatic rings. The summed E-state index contributed by atoms with van der Waals surface area (Å²) in [5.41, 5.74) is 4.30. The monoisotopic (exact) mass is 353 g/mol. The molecule has 1 amide bonds. The van der Waals surface area contributed by atoms with Gasteiger partial charge >= 0.3 is 0 Å². The quantitative estimate of drug-likeness (QED) is 0.445. The van der Waals surface area contributed by atoms with Gasteiger partial charge in [0, 0.05) is 16.5 Å². The van der Waals surface area contributed by atoms with Crippen LogP contribution in [0.2, 0.25) is 5.15 Å². The molecule has 0 unspecified atom stereocenters. The lowest BCUT2D eigenvalue weighted by Gasteiger charge is -2.03. The lowest BCUT2D eigenvalue weighted by Crippen LogP contribution is -2.17. The fourth-order valence-corrected chi connectivity index (χ4v) is 2.66. The second-order valence-corrected chi connectivity index (χ2v) is 5.69. The molecule has 1 aromatic heterocycles. The molecule has 0 spiro atoms. The molecule has 0 radical (unpaired) electrons. The normalized spacial score (nSPS) is 12.7. The van der Waals surface area contributed by atoms with Gasteiger partial charge in [-0.3, -0.25) is 4.79 Å². The zero-order chi connectivity index (χ0) is 17.2. The van der Waals surface area contributed by atoms with E-state index in [1.807, 2.05) is 30.3 Å². The number of hydrogen-bond acceptors (Lipinski definition) is 5. The number of carbonyl (C=O) groups excluding carboxylic acids is 1. The first-order valence-electron chi connectivity index (χ1n) is 7.49. The van der Waals surface area contributed by atoms with Gasteiger partial charge in [0.05, 0.1) is 11.7 Å². The van der Waals surface area contributed by atoms with Crippen molar-refractivity contribution in [3.63, 3.8) is 0 Å². The number of pyridine rings is 1. The van der Waals surface area contributed by atoms with Crippen LogP contribution in [0.4, 0.5) is 0 Å². The van der Waals surface area contributed by atoms with Crippen LogP contribution in [0.25, 0.3) is 10.9 Å². The summed E-state index contributed by atoms with van der Waals surface area (Å²) in [7, 11) is 0. The molecule has 2 heterocycles. The molecule has 0 saturated carbocycles. The van der Waals surface area contributed by atoms with E-state index in [2.05, 4.69) is 15.5 Å². The summed E-state index contributed by atoms with van der Waals surface area (Å²) < 4.78 is 10.5. The summed E-state index contributed by atoms with van der Waals surface area (Å²) in [5.74, 6) is 0.798. The Labute approximate surface area is 148 Å². The molecule has 1 N–H and O–H groups in total. The van der Waals surface area contributed by atoms with E-state index in [0.29, 0.717) is 27.8 Å². The van der Waals surface area contributed by atoms with E-state index in [9.17, 15) is 4.79 Å². The number of hydrazone groups is 1. The van der Waals surface area contributed by atoms with Crippen molar-refractivity contribution in [2.45, 2.75) is 0 Å². The van der Waals surface area contributed by atoms with Crippen molar-refractivity contribution in [2.75, 3.05) is 6.79 Å². The number of amides is 1. The van der Waals surface area contributed by atoms with Gasteiger partial charge < -0.3 is 9.47 Å². The molecule has 1 aliphatic rings. The van der Waals surface area contributed by atoms with Crippen molar-refractivity contribution in [3.05, 3.63) is 64.8 Å². The first kappa shape index (κ1) is 15.4. The molecule has 0 atom stereocenters. The molecule has 0 aliphatic carbocycles. The van der Waals surface area contributed by atoms with Crippen molar-refractivity contribution in [1.29, 1.82) is 0 Å². The number of nitrogens with zero attached hydrogens (tertiary/aromatic N) is 2. The van der Waals surface area contributed by atoms with Gasteiger partial charge in [-0.05, 0) is 30.3 Å². The number of aromatic nitrogens is 1.